The summed E-state index contributed by atoms with van der Waals surface area (Å²) in [5.74, 6) is -1.61. The summed E-state index contributed by atoms with van der Waals surface area (Å²) in [4.78, 5) is 23.8. The van der Waals surface area contributed by atoms with Crippen molar-refractivity contribution < 1.29 is 33.0 Å². The van der Waals surface area contributed by atoms with Crippen molar-refractivity contribution in [3.8, 4) is 11.4 Å². The van der Waals surface area contributed by atoms with Gasteiger partial charge in [0, 0.05) is 6.61 Å². The molecule has 0 aliphatic carbocycles. The van der Waals surface area contributed by atoms with Crippen molar-refractivity contribution in [2.24, 2.45) is 0 Å². The van der Waals surface area contributed by atoms with Gasteiger partial charge in [0.25, 0.3) is 5.91 Å². The largest absolute Gasteiger partial charge is 0.481 e. The quantitative estimate of drug-likeness (QED) is 0.729. The van der Waals surface area contributed by atoms with E-state index in [0.717, 1.165) is 0 Å². The highest BCUT2D eigenvalue weighted by molar-refractivity contribution is 5.94. The number of amides is 1. The number of rotatable bonds is 7. The third-order valence-electron chi connectivity index (χ3n) is 4.39. The van der Waals surface area contributed by atoms with Crippen LogP contribution in [-0.4, -0.2) is 57.3 Å². The van der Waals surface area contributed by atoms with Crippen LogP contribution in [0.2, 0.25) is 0 Å². The maximum Gasteiger partial charge on any atom is 0.387 e. The molecule has 9 nitrogen and oxygen atoms in total. The first-order valence-electron chi connectivity index (χ1n) is 8.39. The summed E-state index contributed by atoms with van der Waals surface area (Å²) in [6.07, 6.45) is 0.112. The molecule has 0 saturated carbocycles. The SMILES string of the molecule is Cc1c(C(=O)NC2(CC(=O)O)CCOC2)nnn1-c1ccc(OC(F)F)cc1. The Labute approximate surface area is 158 Å². The van der Waals surface area contributed by atoms with Crippen LogP contribution < -0.4 is 10.1 Å². The number of nitrogens with zero attached hydrogens (tertiary/aromatic N) is 3. The van der Waals surface area contributed by atoms with E-state index in [4.69, 9.17) is 9.84 Å². The van der Waals surface area contributed by atoms with E-state index in [-0.39, 0.29) is 24.5 Å². The zero-order valence-electron chi connectivity index (χ0n) is 14.9. The summed E-state index contributed by atoms with van der Waals surface area (Å²) in [6.45, 7) is -0.851. The molecule has 0 radical (unpaired) electrons. The van der Waals surface area contributed by atoms with Crippen LogP contribution in [0, 0.1) is 6.92 Å². The maximum absolute atomic E-state index is 12.6. The highest BCUT2D eigenvalue weighted by Crippen LogP contribution is 2.24. The first-order chi connectivity index (χ1) is 13.3. The molecule has 1 aromatic carbocycles. The molecule has 2 N–H and O–H groups in total. The zero-order chi connectivity index (χ0) is 20.3. The summed E-state index contributed by atoms with van der Waals surface area (Å²) in [5.41, 5.74) is -0.0583. The summed E-state index contributed by atoms with van der Waals surface area (Å²) in [7, 11) is 0. The highest BCUT2D eigenvalue weighted by atomic mass is 19.3. The number of carbonyl (C=O) groups is 2. The van der Waals surface area contributed by atoms with Gasteiger partial charge in [0.1, 0.15) is 5.75 Å². The molecule has 2 aromatic rings. The van der Waals surface area contributed by atoms with Gasteiger partial charge in [-0.2, -0.15) is 8.78 Å². The fourth-order valence-electron chi connectivity index (χ4n) is 3.03. The first kappa shape index (κ1) is 19.7. The Kier molecular flexibility index (Phi) is 5.54. The van der Waals surface area contributed by atoms with Crippen LogP contribution in [-0.2, 0) is 9.53 Å². The van der Waals surface area contributed by atoms with E-state index in [0.29, 0.717) is 24.4 Å². The second kappa shape index (κ2) is 7.89. The van der Waals surface area contributed by atoms with Crippen molar-refractivity contribution >= 4 is 11.9 Å². The number of carboxylic acids is 1. The molecule has 1 aromatic heterocycles. The smallest absolute Gasteiger partial charge is 0.387 e. The molecule has 0 spiro atoms. The number of aromatic nitrogens is 3. The molecule has 1 atom stereocenters. The average molecular weight is 396 g/mol. The normalized spacial score (nSPS) is 19.0. The fraction of sp³-hybridized carbons (Fsp3) is 0.412. The molecule has 28 heavy (non-hydrogen) atoms. The van der Waals surface area contributed by atoms with Gasteiger partial charge in [-0.05, 0) is 37.6 Å². The van der Waals surface area contributed by atoms with Gasteiger partial charge in [-0.25, -0.2) is 4.68 Å². The van der Waals surface area contributed by atoms with Crippen molar-refractivity contribution in [3.05, 3.63) is 35.7 Å². The highest BCUT2D eigenvalue weighted by Gasteiger charge is 2.39. The summed E-state index contributed by atoms with van der Waals surface area (Å²) in [6, 6.07) is 5.69. The Morgan fingerprint density at radius 3 is 2.68 bits per heavy atom. The number of hydrogen-bond donors (Lipinski definition) is 2. The monoisotopic (exact) mass is 396 g/mol. The number of aliphatic carboxylic acids is 1. The molecular formula is C17H18F2N4O5. The van der Waals surface area contributed by atoms with Crippen LogP contribution >= 0.6 is 0 Å². The van der Waals surface area contributed by atoms with Crippen molar-refractivity contribution in [1.29, 1.82) is 0 Å². The van der Waals surface area contributed by atoms with Gasteiger partial charge in [-0.3, -0.25) is 9.59 Å². The van der Waals surface area contributed by atoms with Crippen molar-refractivity contribution in [3.63, 3.8) is 0 Å². The Balaban J connectivity index is 1.78. The lowest BCUT2D eigenvalue weighted by Gasteiger charge is -2.26. The number of carbonyl (C=O) groups excluding carboxylic acids is 1. The summed E-state index contributed by atoms with van der Waals surface area (Å²) < 4.78 is 35.4. The Morgan fingerprint density at radius 2 is 2.11 bits per heavy atom. The minimum atomic E-state index is -2.92. The van der Waals surface area contributed by atoms with Crippen LogP contribution in [0.5, 0.6) is 5.75 Å². The Hall–Kier alpha value is -3.08. The lowest BCUT2D eigenvalue weighted by atomic mass is 9.94. The first-order valence-corrected chi connectivity index (χ1v) is 8.39. The van der Waals surface area contributed by atoms with Crippen LogP contribution in [0.25, 0.3) is 5.69 Å². The molecule has 1 amide bonds. The molecule has 1 unspecified atom stereocenters. The van der Waals surface area contributed by atoms with Crippen molar-refractivity contribution in [1.82, 2.24) is 20.3 Å². The molecule has 0 bridgehead atoms. The van der Waals surface area contributed by atoms with Crippen molar-refractivity contribution in [2.75, 3.05) is 13.2 Å². The van der Waals surface area contributed by atoms with E-state index in [1.54, 1.807) is 6.92 Å². The van der Waals surface area contributed by atoms with Gasteiger partial charge in [0.2, 0.25) is 0 Å². The summed E-state index contributed by atoms with van der Waals surface area (Å²) >= 11 is 0. The van der Waals surface area contributed by atoms with E-state index >= 15 is 0 Å². The van der Waals surface area contributed by atoms with E-state index in [9.17, 15) is 18.4 Å². The third kappa shape index (κ3) is 4.25. The minimum Gasteiger partial charge on any atom is -0.481 e. The lowest BCUT2D eigenvalue weighted by Crippen LogP contribution is -2.50. The number of carboxylic acid groups (broad SMARTS) is 1. The molecule has 1 aliphatic heterocycles. The number of ether oxygens (including phenoxy) is 2. The van der Waals surface area contributed by atoms with Gasteiger partial charge >= 0.3 is 12.6 Å². The molecule has 11 heteroatoms. The minimum absolute atomic E-state index is 0.00803. The van der Waals surface area contributed by atoms with Gasteiger partial charge in [0.15, 0.2) is 5.69 Å². The van der Waals surface area contributed by atoms with E-state index in [1.807, 2.05) is 0 Å². The fourth-order valence-corrected chi connectivity index (χ4v) is 3.03. The molecule has 1 saturated heterocycles. The predicted octanol–water partition coefficient (Wildman–Crippen LogP) is 1.54. The van der Waals surface area contributed by atoms with Crippen LogP contribution in [0.4, 0.5) is 8.78 Å². The van der Waals surface area contributed by atoms with Crippen LogP contribution in [0.1, 0.15) is 29.0 Å². The van der Waals surface area contributed by atoms with E-state index < -0.39 is 24.0 Å². The van der Waals surface area contributed by atoms with Gasteiger partial charge in [-0.1, -0.05) is 5.21 Å². The topological polar surface area (TPSA) is 116 Å². The number of nitrogens with one attached hydrogen (secondary N) is 1. The van der Waals surface area contributed by atoms with Crippen molar-refractivity contribution in [2.45, 2.75) is 31.9 Å². The molecule has 2 heterocycles. The number of benzene rings is 1. The van der Waals surface area contributed by atoms with Gasteiger partial charge in [0.05, 0.1) is 29.9 Å². The predicted molar refractivity (Wildman–Crippen MR) is 90.6 cm³/mol. The standard InChI is InChI=1S/C17H18F2N4O5/c1-10-14(15(26)20-17(8-13(24)25)6-7-27-9-17)21-22-23(10)11-2-4-12(5-3-11)28-16(18)19/h2-5,16H,6-9H2,1H3,(H,20,26)(H,24,25). The second-order valence-corrected chi connectivity index (χ2v) is 6.42. The molecule has 1 aliphatic rings. The molecule has 3 rings (SSSR count). The van der Waals surface area contributed by atoms with Gasteiger partial charge in [-0.15, -0.1) is 5.10 Å². The Morgan fingerprint density at radius 1 is 1.39 bits per heavy atom. The number of hydrogen-bond acceptors (Lipinski definition) is 6. The number of halogens is 2. The van der Waals surface area contributed by atoms with Crippen LogP contribution in [0.3, 0.4) is 0 Å². The number of alkyl halides is 2. The second-order valence-electron chi connectivity index (χ2n) is 6.42. The van der Waals surface area contributed by atoms with E-state index in [1.165, 1.54) is 28.9 Å². The summed E-state index contributed by atoms with van der Waals surface area (Å²) in [5, 5.41) is 19.6. The van der Waals surface area contributed by atoms with Gasteiger partial charge < -0.3 is 19.9 Å². The average Bonchev–Trinajstić information content (AvgIpc) is 3.21. The Bertz CT molecular complexity index is 863. The molecule has 150 valence electrons. The van der Waals surface area contributed by atoms with E-state index in [2.05, 4.69) is 20.4 Å². The van der Waals surface area contributed by atoms with Crippen LogP contribution in [0.15, 0.2) is 24.3 Å². The maximum atomic E-state index is 12.6. The molecular weight excluding hydrogens is 378 g/mol. The molecule has 1 fully saturated rings. The third-order valence-corrected chi connectivity index (χ3v) is 4.39. The lowest BCUT2D eigenvalue weighted by molar-refractivity contribution is -0.138. The zero-order valence-corrected chi connectivity index (χ0v) is 14.9.